The second-order valence-corrected chi connectivity index (χ2v) is 6.76. The number of hydrogen-bond donors (Lipinski definition) is 0. The van der Waals surface area contributed by atoms with E-state index in [0.29, 0.717) is 12.2 Å². The summed E-state index contributed by atoms with van der Waals surface area (Å²) in [6.45, 7) is 1.59. The number of carbonyl (C=O) groups is 1. The molecule has 3 heterocycles. The van der Waals surface area contributed by atoms with Gasteiger partial charge in [-0.15, -0.1) is 0 Å². The number of fused-ring (bicyclic) bond motifs is 1. The molecule has 0 N–H and O–H groups in total. The fraction of sp³-hybridized carbons (Fsp3) is 0.227. The Morgan fingerprint density at radius 3 is 2.70 bits per heavy atom. The minimum Gasteiger partial charge on any atom is -0.373 e. The molecule has 0 radical (unpaired) electrons. The Balaban J connectivity index is 1.42. The normalized spacial score (nSPS) is 12.7. The zero-order chi connectivity index (χ0) is 18.6. The van der Waals surface area contributed by atoms with Crippen molar-refractivity contribution < 1.29 is 4.79 Å². The lowest BCUT2D eigenvalue weighted by Crippen LogP contribution is -2.29. The number of anilines is 2. The van der Waals surface area contributed by atoms with E-state index >= 15 is 0 Å². The molecule has 0 bridgehead atoms. The molecule has 5 heteroatoms. The summed E-state index contributed by atoms with van der Waals surface area (Å²) in [6.07, 6.45) is 7.24. The van der Waals surface area contributed by atoms with E-state index in [0.717, 1.165) is 30.8 Å². The maximum atomic E-state index is 12.8. The first-order valence-electron chi connectivity index (χ1n) is 9.18. The quantitative estimate of drug-likeness (QED) is 0.702. The van der Waals surface area contributed by atoms with Gasteiger partial charge >= 0.3 is 0 Å². The summed E-state index contributed by atoms with van der Waals surface area (Å²) < 4.78 is 0. The standard InChI is InChI=1S/C22H22N4O/c1-25(14-10-17-8-12-23-13-9-17)19-6-7-20(24-16-19)22(27)26-15-11-18-4-2-3-5-21(18)26/h2-9,12-13,16H,10-11,14-15H2,1H3. The van der Waals surface area contributed by atoms with Gasteiger partial charge in [0.25, 0.3) is 5.91 Å². The molecule has 1 amide bonds. The second-order valence-electron chi connectivity index (χ2n) is 6.76. The fourth-order valence-corrected chi connectivity index (χ4v) is 3.40. The third-order valence-corrected chi connectivity index (χ3v) is 5.03. The van der Waals surface area contributed by atoms with Gasteiger partial charge in [-0.3, -0.25) is 9.78 Å². The van der Waals surface area contributed by atoms with Crippen molar-refractivity contribution in [3.05, 3.63) is 83.9 Å². The molecule has 5 nitrogen and oxygen atoms in total. The molecular weight excluding hydrogens is 336 g/mol. The van der Waals surface area contributed by atoms with E-state index in [2.05, 4.69) is 20.9 Å². The first kappa shape index (κ1) is 17.2. The largest absolute Gasteiger partial charge is 0.373 e. The Hall–Kier alpha value is -3.21. The van der Waals surface area contributed by atoms with Crippen molar-refractivity contribution in [1.29, 1.82) is 0 Å². The number of nitrogens with zero attached hydrogens (tertiary/aromatic N) is 4. The predicted octanol–water partition coefficient (Wildman–Crippen LogP) is 3.36. The highest BCUT2D eigenvalue weighted by Gasteiger charge is 2.25. The highest BCUT2D eigenvalue weighted by molar-refractivity contribution is 6.06. The lowest BCUT2D eigenvalue weighted by molar-refractivity contribution is 0.0984. The molecule has 3 aromatic rings. The molecule has 0 spiro atoms. The summed E-state index contributed by atoms with van der Waals surface area (Å²) in [6, 6.07) is 15.9. The van der Waals surface area contributed by atoms with E-state index in [1.54, 1.807) is 6.20 Å². The molecule has 1 aromatic carbocycles. The van der Waals surface area contributed by atoms with Crippen LogP contribution >= 0.6 is 0 Å². The van der Waals surface area contributed by atoms with Gasteiger partial charge in [-0.05, 0) is 54.3 Å². The summed E-state index contributed by atoms with van der Waals surface area (Å²) in [5.41, 5.74) is 4.96. The number of carbonyl (C=O) groups excluding carboxylic acids is 1. The van der Waals surface area contributed by atoms with Crippen LogP contribution in [0.2, 0.25) is 0 Å². The van der Waals surface area contributed by atoms with Gasteiger partial charge in [-0.25, -0.2) is 4.98 Å². The molecule has 0 atom stereocenters. The highest BCUT2D eigenvalue weighted by Crippen LogP contribution is 2.28. The number of para-hydroxylation sites is 1. The topological polar surface area (TPSA) is 49.3 Å². The summed E-state index contributed by atoms with van der Waals surface area (Å²) in [5, 5.41) is 0. The molecule has 1 aliphatic heterocycles. The van der Waals surface area contributed by atoms with Crippen molar-refractivity contribution in [3.8, 4) is 0 Å². The van der Waals surface area contributed by atoms with E-state index in [-0.39, 0.29) is 5.91 Å². The molecule has 27 heavy (non-hydrogen) atoms. The molecule has 0 fully saturated rings. The van der Waals surface area contributed by atoms with Crippen LogP contribution in [0.4, 0.5) is 11.4 Å². The molecule has 0 aliphatic carbocycles. The number of hydrogen-bond acceptors (Lipinski definition) is 4. The van der Waals surface area contributed by atoms with Crippen molar-refractivity contribution in [2.24, 2.45) is 0 Å². The van der Waals surface area contributed by atoms with E-state index < -0.39 is 0 Å². The van der Waals surface area contributed by atoms with Crippen molar-refractivity contribution in [2.75, 3.05) is 29.9 Å². The zero-order valence-electron chi connectivity index (χ0n) is 15.4. The summed E-state index contributed by atoms with van der Waals surface area (Å²) in [4.78, 5) is 25.3. The molecule has 136 valence electrons. The second kappa shape index (κ2) is 7.58. The van der Waals surface area contributed by atoms with Gasteiger partial charge in [0.2, 0.25) is 0 Å². The van der Waals surface area contributed by atoms with Crippen molar-refractivity contribution >= 4 is 17.3 Å². The third kappa shape index (κ3) is 3.67. The van der Waals surface area contributed by atoms with Gasteiger partial charge in [-0.2, -0.15) is 0 Å². The molecule has 1 aliphatic rings. The van der Waals surface area contributed by atoms with Crippen LogP contribution in [-0.2, 0) is 12.8 Å². The molecular formula is C22H22N4O. The Labute approximate surface area is 159 Å². The van der Waals surface area contributed by atoms with E-state index in [1.807, 2.05) is 66.8 Å². The van der Waals surface area contributed by atoms with E-state index in [1.165, 1.54) is 11.1 Å². The van der Waals surface area contributed by atoms with Crippen LogP contribution in [0, 0.1) is 0 Å². The zero-order valence-corrected chi connectivity index (χ0v) is 15.4. The minimum atomic E-state index is -0.0362. The van der Waals surface area contributed by atoms with E-state index in [4.69, 9.17) is 0 Å². The van der Waals surface area contributed by atoms with Gasteiger partial charge < -0.3 is 9.80 Å². The summed E-state index contributed by atoms with van der Waals surface area (Å²) in [5.74, 6) is -0.0362. The van der Waals surface area contributed by atoms with Gasteiger partial charge in [-0.1, -0.05) is 18.2 Å². The summed E-state index contributed by atoms with van der Waals surface area (Å²) >= 11 is 0. The summed E-state index contributed by atoms with van der Waals surface area (Å²) in [7, 11) is 2.04. The predicted molar refractivity (Wildman–Crippen MR) is 107 cm³/mol. The average molecular weight is 358 g/mol. The molecule has 2 aromatic heterocycles. The number of rotatable bonds is 5. The Morgan fingerprint density at radius 2 is 1.93 bits per heavy atom. The lowest BCUT2D eigenvalue weighted by Gasteiger charge is -2.20. The highest BCUT2D eigenvalue weighted by atomic mass is 16.2. The van der Waals surface area contributed by atoms with Crippen LogP contribution in [-0.4, -0.2) is 36.0 Å². The van der Waals surface area contributed by atoms with Crippen molar-refractivity contribution in [3.63, 3.8) is 0 Å². The van der Waals surface area contributed by atoms with Crippen LogP contribution in [0.1, 0.15) is 21.6 Å². The maximum absolute atomic E-state index is 12.8. The Kier molecular flexibility index (Phi) is 4.83. The molecule has 0 saturated heterocycles. The monoisotopic (exact) mass is 358 g/mol. The first-order chi connectivity index (χ1) is 13.2. The Bertz CT molecular complexity index is 925. The van der Waals surface area contributed by atoms with Gasteiger partial charge in [0.05, 0.1) is 11.9 Å². The van der Waals surface area contributed by atoms with Crippen LogP contribution in [0.5, 0.6) is 0 Å². The van der Waals surface area contributed by atoms with E-state index in [9.17, 15) is 4.79 Å². The maximum Gasteiger partial charge on any atom is 0.276 e. The minimum absolute atomic E-state index is 0.0362. The molecule has 0 unspecified atom stereocenters. The molecule has 4 rings (SSSR count). The van der Waals surface area contributed by atoms with Crippen LogP contribution in [0.3, 0.4) is 0 Å². The SMILES string of the molecule is CN(CCc1ccncc1)c1ccc(C(=O)N2CCc3ccccc32)nc1. The third-order valence-electron chi connectivity index (χ3n) is 5.03. The van der Waals surface area contributed by atoms with Crippen molar-refractivity contribution in [2.45, 2.75) is 12.8 Å². The first-order valence-corrected chi connectivity index (χ1v) is 9.18. The van der Waals surface area contributed by atoms with Crippen LogP contribution < -0.4 is 9.80 Å². The number of likely N-dealkylation sites (N-methyl/N-ethyl adjacent to an activating group) is 1. The number of benzene rings is 1. The average Bonchev–Trinajstić information content (AvgIpc) is 3.16. The van der Waals surface area contributed by atoms with Gasteiger partial charge in [0.1, 0.15) is 5.69 Å². The smallest absolute Gasteiger partial charge is 0.276 e. The van der Waals surface area contributed by atoms with Gasteiger partial charge in [0, 0.05) is 38.2 Å². The molecule has 0 saturated carbocycles. The lowest BCUT2D eigenvalue weighted by atomic mass is 10.2. The fourth-order valence-electron chi connectivity index (χ4n) is 3.40. The van der Waals surface area contributed by atoms with Crippen molar-refractivity contribution in [1.82, 2.24) is 9.97 Å². The number of aromatic nitrogens is 2. The van der Waals surface area contributed by atoms with Crippen LogP contribution in [0.15, 0.2) is 67.1 Å². The van der Waals surface area contributed by atoms with Crippen LogP contribution in [0.25, 0.3) is 0 Å². The number of pyridine rings is 2. The Morgan fingerprint density at radius 1 is 1.11 bits per heavy atom. The van der Waals surface area contributed by atoms with Gasteiger partial charge in [0.15, 0.2) is 0 Å². The number of amides is 1.